The molecule has 0 radical (unpaired) electrons. The van der Waals surface area contributed by atoms with E-state index in [1.54, 1.807) is 0 Å². The van der Waals surface area contributed by atoms with Crippen molar-refractivity contribution in [2.45, 2.75) is 65.0 Å². The fraction of sp³-hybridized carbons (Fsp3) is 0.800. The van der Waals surface area contributed by atoms with Crippen molar-refractivity contribution in [3.05, 3.63) is 15.6 Å². The molecule has 1 atom stereocenters. The molecule has 1 N–H and O–H groups in total. The monoisotopic (exact) mass is 282 g/mol. The van der Waals surface area contributed by atoms with Crippen LogP contribution in [0.4, 0.5) is 0 Å². The molecule has 1 aliphatic rings. The van der Waals surface area contributed by atoms with Crippen LogP contribution >= 0.6 is 11.3 Å². The molecule has 0 spiro atoms. The maximum atomic E-state index is 5.49. The zero-order valence-electron chi connectivity index (χ0n) is 12.6. The lowest BCUT2D eigenvalue weighted by Crippen LogP contribution is -2.35. The summed E-state index contributed by atoms with van der Waals surface area (Å²) in [6.45, 7) is 11.5. The van der Waals surface area contributed by atoms with Crippen LogP contribution in [0.25, 0.3) is 0 Å². The highest BCUT2D eigenvalue weighted by molar-refractivity contribution is 7.11. The van der Waals surface area contributed by atoms with E-state index in [0.717, 1.165) is 39.0 Å². The van der Waals surface area contributed by atoms with Crippen molar-refractivity contribution >= 4 is 11.3 Å². The summed E-state index contributed by atoms with van der Waals surface area (Å²) in [6.07, 6.45) is 3.38. The van der Waals surface area contributed by atoms with Gasteiger partial charge in [0.2, 0.25) is 0 Å². The van der Waals surface area contributed by atoms with Gasteiger partial charge >= 0.3 is 0 Å². The molecule has 1 aliphatic heterocycles. The first-order chi connectivity index (χ1) is 8.99. The quantitative estimate of drug-likeness (QED) is 0.897. The zero-order chi connectivity index (χ0) is 13.9. The van der Waals surface area contributed by atoms with Crippen LogP contribution in [0.5, 0.6) is 0 Å². The lowest BCUT2D eigenvalue weighted by molar-refractivity contribution is 0.194. The average Bonchev–Trinajstić information content (AvgIpc) is 2.94. The Bertz CT molecular complexity index is 403. The minimum atomic E-state index is 0.157. The number of nitrogens with one attached hydrogen (secondary N) is 1. The van der Waals surface area contributed by atoms with Crippen molar-refractivity contribution in [3.8, 4) is 0 Å². The Labute approximate surface area is 120 Å². The number of rotatable bonds is 5. The third-order valence-electron chi connectivity index (χ3n) is 3.34. The molecule has 1 saturated heterocycles. The van der Waals surface area contributed by atoms with Gasteiger partial charge < -0.3 is 10.1 Å². The lowest BCUT2D eigenvalue weighted by atomic mass is 10.1. The van der Waals surface area contributed by atoms with Gasteiger partial charge in [0.25, 0.3) is 0 Å². The van der Waals surface area contributed by atoms with E-state index in [1.165, 1.54) is 15.6 Å². The predicted octanol–water partition coefficient (Wildman–Crippen LogP) is 3.49. The Morgan fingerprint density at radius 3 is 2.79 bits per heavy atom. The van der Waals surface area contributed by atoms with Gasteiger partial charge in [0, 0.05) is 29.5 Å². The summed E-state index contributed by atoms with van der Waals surface area (Å²) in [7, 11) is 0. The van der Waals surface area contributed by atoms with E-state index >= 15 is 0 Å². The number of hydrogen-bond donors (Lipinski definition) is 1. The van der Waals surface area contributed by atoms with Gasteiger partial charge in [-0.05, 0) is 33.6 Å². The predicted molar refractivity (Wildman–Crippen MR) is 80.9 cm³/mol. The van der Waals surface area contributed by atoms with E-state index in [0.29, 0.717) is 5.92 Å². The molecule has 1 fully saturated rings. The Kier molecular flexibility index (Phi) is 4.98. The largest absolute Gasteiger partial charge is 0.381 e. The molecule has 1 unspecified atom stereocenters. The summed E-state index contributed by atoms with van der Waals surface area (Å²) < 4.78 is 5.49. The van der Waals surface area contributed by atoms with Crippen molar-refractivity contribution in [2.75, 3.05) is 13.2 Å². The molecule has 0 aromatic carbocycles. The van der Waals surface area contributed by atoms with E-state index < -0.39 is 0 Å². The Hall–Kier alpha value is -0.450. The fourth-order valence-corrected chi connectivity index (χ4v) is 3.39. The second-order valence-electron chi connectivity index (χ2n) is 6.34. The van der Waals surface area contributed by atoms with Gasteiger partial charge in [0.1, 0.15) is 0 Å². The zero-order valence-corrected chi connectivity index (χ0v) is 13.4. The summed E-state index contributed by atoms with van der Waals surface area (Å²) in [4.78, 5) is 6.30. The van der Waals surface area contributed by atoms with Crippen molar-refractivity contribution in [1.82, 2.24) is 10.3 Å². The number of aromatic nitrogens is 1. The van der Waals surface area contributed by atoms with Gasteiger partial charge in [-0.1, -0.05) is 13.3 Å². The molecule has 0 aliphatic carbocycles. The van der Waals surface area contributed by atoms with Gasteiger partial charge in [-0.3, -0.25) is 0 Å². The molecular weight excluding hydrogens is 256 g/mol. The van der Waals surface area contributed by atoms with Gasteiger partial charge in [-0.15, -0.1) is 11.3 Å². The van der Waals surface area contributed by atoms with Crippen molar-refractivity contribution < 1.29 is 4.74 Å². The molecule has 108 valence electrons. The van der Waals surface area contributed by atoms with E-state index in [-0.39, 0.29) is 5.54 Å². The van der Waals surface area contributed by atoms with Crippen LogP contribution in [0.3, 0.4) is 0 Å². The molecule has 3 nitrogen and oxygen atoms in total. The van der Waals surface area contributed by atoms with Crippen molar-refractivity contribution in [1.29, 1.82) is 0 Å². The molecular formula is C15H26N2OS. The first-order valence-corrected chi connectivity index (χ1v) is 8.12. The number of ether oxygens (including phenoxy) is 1. The standard InChI is InChI=1S/C15H26N2OS/c1-5-6-12-13(9-16-15(2,3)4)19-14(17-12)11-7-8-18-10-11/h11,16H,5-10H2,1-4H3. The van der Waals surface area contributed by atoms with Crippen LogP contribution in [0, 0.1) is 0 Å². The first-order valence-electron chi connectivity index (χ1n) is 7.31. The second kappa shape index (κ2) is 6.33. The molecule has 4 heteroatoms. The van der Waals surface area contributed by atoms with Crippen LogP contribution in [-0.2, 0) is 17.7 Å². The molecule has 2 heterocycles. The SMILES string of the molecule is CCCc1nc(C2CCOC2)sc1CNC(C)(C)C. The number of hydrogen-bond acceptors (Lipinski definition) is 4. The first kappa shape index (κ1) is 14.9. The Morgan fingerprint density at radius 2 is 2.21 bits per heavy atom. The van der Waals surface area contributed by atoms with E-state index in [1.807, 2.05) is 11.3 Å². The topological polar surface area (TPSA) is 34.1 Å². The summed E-state index contributed by atoms with van der Waals surface area (Å²) in [5, 5.41) is 4.86. The molecule has 0 amide bonds. The van der Waals surface area contributed by atoms with Gasteiger partial charge in [0.05, 0.1) is 17.3 Å². The van der Waals surface area contributed by atoms with Crippen LogP contribution in [0.15, 0.2) is 0 Å². The average molecular weight is 282 g/mol. The number of aryl methyl sites for hydroxylation is 1. The molecule has 1 aromatic heterocycles. The van der Waals surface area contributed by atoms with Crippen LogP contribution in [0.1, 0.15) is 62.0 Å². The Morgan fingerprint density at radius 1 is 1.42 bits per heavy atom. The lowest BCUT2D eigenvalue weighted by Gasteiger charge is -2.20. The van der Waals surface area contributed by atoms with E-state index in [2.05, 4.69) is 33.0 Å². The van der Waals surface area contributed by atoms with Crippen LogP contribution in [0.2, 0.25) is 0 Å². The highest BCUT2D eigenvalue weighted by Crippen LogP contribution is 2.31. The third-order valence-corrected chi connectivity index (χ3v) is 4.60. The second-order valence-corrected chi connectivity index (χ2v) is 7.45. The minimum absolute atomic E-state index is 0.157. The van der Waals surface area contributed by atoms with E-state index in [9.17, 15) is 0 Å². The maximum absolute atomic E-state index is 5.49. The summed E-state index contributed by atoms with van der Waals surface area (Å²) in [5.41, 5.74) is 1.45. The molecule has 0 saturated carbocycles. The molecule has 1 aromatic rings. The summed E-state index contributed by atoms with van der Waals surface area (Å²) >= 11 is 1.88. The smallest absolute Gasteiger partial charge is 0.0986 e. The molecule has 0 bridgehead atoms. The summed E-state index contributed by atoms with van der Waals surface area (Å²) in [6, 6.07) is 0. The fourth-order valence-electron chi connectivity index (χ4n) is 2.22. The number of thiazole rings is 1. The van der Waals surface area contributed by atoms with Gasteiger partial charge in [-0.2, -0.15) is 0 Å². The normalized spacial score (nSPS) is 20.1. The van der Waals surface area contributed by atoms with Gasteiger partial charge in [0.15, 0.2) is 0 Å². The number of nitrogens with zero attached hydrogens (tertiary/aromatic N) is 1. The van der Waals surface area contributed by atoms with Crippen molar-refractivity contribution in [3.63, 3.8) is 0 Å². The highest BCUT2D eigenvalue weighted by Gasteiger charge is 2.23. The third kappa shape index (κ3) is 4.26. The molecule has 2 rings (SSSR count). The van der Waals surface area contributed by atoms with Crippen molar-refractivity contribution in [2.24, 2.45) is 0 Å². The minimum Gasteiger partial charge on any atom is -0.381 e. The maximum Gasteiger partial charge on any atom is 0.0986 e. The van der Waals surface area contributed by atoms with Gasteiger partial charge in [-0.25, -0.2) is 4.98 Å². The molecule has 19 heavy (non-hydrogen) atoms. The van der Waals surface area contributed by atoms with Crippen LogP contribution in [-0.4, -0.2) is 23.7 Å². The van der Waals surface area contributed by atoms with E-state index in [4.69, 9.17) is 9.72 Å². The van der Waals surface area contributed by atoms with Crippen LogP contribution < -0.4 is 5.32 Å². The highest BCUT2D eigenvalue weighted by atomic mass is 32.1. The Balaban J connectivity index is 2.10. The summed E-state index contributed by atoms with van der Waals surface area (Å²) in [5.74, 6) is 0.531.